The summed E-state index contributed by atoms with van der Waals surface area (Å²) in [5.74, 6) is -0.457. The van der Waals surface area contributed by atoms with Crippen molar-refractivity contribution < 1.29 is 23.9 Å². The third-order valence-corrected chi connectivity index (χ3v) is 0.766. The summed E-state index contributed by atoms with van der Waals surface area (Å²) in [5, 5.41) is 0. The summed E-state index contributed by atoms with van der Waals surface area (Å²) in [5.41, 5.74) is 0. The van der Waals surface area contributed by atoms with E-state index in [1.54, 1.807) is 0 Å². The lowest BCUT2D eigenvalue weighted by Gasteiger charge is -2.08. The van der Waals surface area contributed by atoms with Gasteiger partial charge in [-0.05, 0) is 0 Å². The second kappa shape index (κ2) is 7.85. The first-order chi connectivity index (χ1) is 5.65. The van der Waals surface area contributed by atoms with E-state index in [1.165, 1.54) is 6.92 Å². The van der Waals surface area contributed by atoms with Gasteiger partial charge < -0.3 is 14.5 Å². The Kier molecular flexibility index (Phi) is 9.63. The van der Waals surface area contributed by atoms with Gasteiger partial charge in [0.1, 0.15) is 6.61 Å². The molecule has 2 N–H and O–H groups in total. The summed E-state index contributed by atoms with van der Waals surface area (Å²) in [6, 6.07) is 0. The number of rotatable bonds is 1. The lowest BCUT2D eigenvalue weighted by atomic mass is 10.7. The molecule has 0 aromatic carbocycles. The molecule has 0 radical (unpaired) electrons. The third-order valence-electron chi connectivity index (χ3n) is 0.439. The highest BCUT2D eigenvalue weighted by atomic mass is 35.6. The lowest BCUT2D eigenvalue weighted by Crippen LogP contribution is -2.15. The largest absolute Gasteiger partial charge is 0.461 e. The number of alkyl halides is 3. The van der Waals surface area contributed by atoms with Gasteiger partial charge >= 0.3 is 14.2 Å². The van der Waals surface area contributed by atoms with Crippen LogP contribution in [0.2, 0.25) is 0 Å². The van der Waals surface area contributed by atoms with Crippen LogP contribution in [0.25, 0.3) is 0 Å². The van der Waals surface area contributed by atoms with Crippen LogP contribution in [0.4, 0.5) is 0 Å². The van der Waals surface area contributed by atoms with Crippen molar-refractivity contribution in [1.82, 2.24) is 0 Å². The van der Waals surface area contributed by atoms with Crippen LogP contribution in [-0.4, -0.2) is 26.2 Å². The van der Waals surface area contributed by atoms with Crippen LogP contribution in [0, 0.1) is 0 Å². The smallest absolute Gasteiger partial charge is 0.314 e. The standard InChI is InChI=1S/C4H5Cl3O2.H3O3P/c1-3(8)9-2-4(5,6)7;1-4(2)3/h2H2,1H3;4H,(H2,1,2,3). The molecule has 0 saturated carbocycles. The van der Waals surface area contributed by atoms with E-state index in [0.717, 1.165) is 0 Å². The fourth-order valence-electron chi connectivity index (χ4n) is 0.183. The van der Waals surface area contributed by atoms with Crippen molar-refractivity contribution in [3.05, 3.63) is 0 Å². The molecule has 0 saturated heterocycles. The van der Waals surface area contributed by atoms with Gasteiger partial charge in [0.15, 0.2) is 0 Å². The first kappa shape index (κ1) is 15.9. The number of carbonyl (C=O) groups is 1. The van der Waals surface area contributed by atoms with Crippen LogP contribution in [0.3, 0.4) is 0 Å². The minimum atomic E-state index is -3.13. The highest BCUT2D eigenvalue weighted by Crippen LogP contribution is 2.25. The number of hydrogen-bond acceptors (Lipinski definition) is 3. The minimum absolute atomic E-state index is 0.201. The summed E-state index contributed by atoms with van der Waals surface area (Å²) in [6.45, 7) is 1.05. The maximum absolute atomic E-state index is 10.1. The van der Waals surface area contributed by atoms with E-state index >= 15 is 0 Å². The normalized spacial score (nSPS) is 10.4. The molecule has 13 heavy (non-hydrogen) atoms. The number of halogens is 3. The Morgan fingerprint density at radius 3 is 1.85 bits per heavy atom. The van der Waals surface area contributed by atoms with Crippen LogP contribution < -0.4 is 0 Å². The zero-order chi connectivity index (χ0) is 11.1. The second-order valence-electron chi connectivity index (χ2n) is 1.68. The van der Waals surface area contributed by atoms with Gasteiger partial charge in [-0.25, -0.2) is 0 Å². The molecule has 9 heteroatoms. The molecule has 0 aromatic rings. The van der Waals surface area contributed by atoms with Gasteiger partial charge in [0.05, 0.1) is 0 Å². The molecule has 80 valence electrons. The van der Waals surface area contributed by atoms with Gasteiger partial charge in [-0.1, -0.05) is 34.8 Å². The fourth-order valence-corrected chi connectivity index (χ4v) is 0.347. The topological polar surface area (TPSA) is 83.8 Å². The van der Waals surface area contributed by atoms with Crippen molar-refractivity contribution in [1.29, 1.82) is 0 Å². The van der Waals surface area contributed by atoms with E-state index in [4.69, 9.17) is 49.2 Å². The Balaban J connectivity index is 0. The Hall–Kier alpha value is 0.490. The quantitative estimate of drug-likeness (QED) is 0.427. The molecule has 0 aromatic heterocycles. The zero-order valence-electron chi connectivity index (χ0n) is 6.46. The Labute approximate surface area is 90.5 Å². The third kappa shape index (κ3) is 32.6. The predicted octanol–water partition coefficient (Wildman–Crippen LogP) is 1.28. The summed E-state index contributed by atoms with van der Waals surface area (Å²) >= 11 is 15.7. The van der Waals surface area contributed by atoms with Crippen LogP contribution in [-0.2, 0) is 14.1 Å². The van der Waals surface area contributed by atoms with Crippen LogP contribution in [0.1, 0.15) is 6.92 Å². The Morgan fingerprint density at radius 2 is 1.77 bits per heavy atom. The molecule has 5 nitrogen and oxygen atoms in total. The lowest BCUT2D eigenvalue weighted by molar-refractivity contribution is -0.140. The van der Waals surface area contributed by atoms with Gasteiger partial charge in [-0.15, -0.1) is 0 Å². The molecule has 0 spiro atoms. The Morgan fingerprint density at radius 1 is 1.46 bits per heavy atom. The van der Waals surface area contributed by atoms with Gasteiger partial charge in [-0.3, -0.25) is 9.36 Å². The van der Waals surface area contributed by atoms with Crippen LogP contribution in [0.15, 0.2) is 0 Å². The molecule has 0 atom stereocenters. The van der Waals surface area contributed by atoms with Crippen LogP contribution >= 0.6 is 43.1 Å². The molecular weight excluding hydrogens is 265 g/mol. The maximum Gasteiger partial charge on any atom is 0.314 e. The summed E-state index contributed by atoms with van der Waals surface area (Å²) < 4.78 is 11.6. The van der Waals surface area contributed by atoms with Crippen molar-refractivity contribution in [2.45, 2.75) is 10.7 Å². The molecule has 0 rings (SSSR count). The minimum Gasteiger partial charge on any atom is -0.461 e. The van der Waals surface area contributed by atoms with Gasteiger partial charge in [0.2, 0.25) is 3.79 Å². The summed E-state index contributed by atoms with van der Waals surface area (Å²) in [6.07, 6.45) is 0. The van der Waals surface area contributed by atoms with Gasteiger partial charge in [0, 0.05) is 6.92 Å². The van der Waals surface area contributed by atoms with Crippen LogP contribution in [0.5, 0.6) is 0 Å². The molecule has 0 aliphatic rings. The van der Waals surface area contributed by atoms with E-state index in [-0.39, 0.29) is 6.61 Å². The molecule has 0 aliphatic heterocycles. The first-order valence-corrected chi connectivity index (χ1v) is 5.21. The molecule has 0 amide bonds. The van der Waals surface area contributed by atoms with Crippen molar-refractivity contribution in [3.63, 3.8) is 0 Å². The van der Waals surface area contributed by atoms with Gasteiger partial charge in [0.25, 0.3) is 0 Å². The second-order valence-corrected chi connectivity index (χ2v) is 4.76. The maximum atomic E-state index is 10.1. The average molecular weight is 273 g/mol. The molecule has 0 unspecified atom stereocenters. The SMILES string of the molecule is CC(=O)OCC(Cl)(Cl)Cl.O=[PH](O)O. The molecule has 0 fully saturated rings. The van der Waals surface area contributed by atoms with Crippen molar-refractivity contribution >= 4 is 49.0 Å². The number of hydrogen-bond donors (Lipinski definition) is 2. The average Bonchev–Trinajstić information content (AvgIpc) is 1.80. The number of carbonyl (C=O) groups excluding carboxylic acids is 1. The first-order valence-electron chi connectivity index (χ1n) is 2.77. The van der Waals surface area contributed by atoms with Crippen molar-refractivity contribution in [2.24, 2.45) is 0 Å². The number of ether oxygens (including phenoxy) is 1. The summed E-state index contributed by atoms with van der Waals surface area (Å²) in [7, 11) is -3.13. The number of esters is 1. The fraction of sp³-hybridized carbons (Fsp3) is 0.750. The monoisotopic (exact) mass is 272 g/mol. The Bertz CT molecular complexity index is 175. The van der Waals surface area contributed by atoms with Gasteiger partial charge in [-0.2, -0.15) is 0 Å². The van der Waals surface area contributed by atoms with E-state index in [9.17, 15) is 4.79 Å². The molecule has 0 heterocycles. The summed E-state index contributed by atoms with van der Waals surface area (Å²) in [4.78, 5) is 24.4. The van der Waals surface area contributed by atoms with E-state index < -0.39 is 18.0 Å². The van der Waals surface area contributed by atoms with E-state index in [1.807, 2.05) is 0 Å². The molecular formula is C4H8Cl3O5P. The molecule has 0 aliphatic carbocycles. The zero-order valence-corrected chi connectivity index (χ0v) is 9.73. The van der Waals surface area contributed by atoms with Crippen molar-refractivity contribution in [3.8, 4) is 0 Å². The van der Waals surface area contributed by atoms with E-state index in [2.05, 4.69) is 4.74 Å². The molecule has 0 bridgehead atoms. The van der Waals surface area contributed by atoms with E-state index in [0.29, 0.717) is 0 Å². The highest BCUT2D eigenvalue weighted by Gasteiger charge is 2.20. The highest BCUT2D eigenvalue weighted by molar-refractivity contribution is 7.30. The van der Waals surface area contributed by atoms with Crippen molar-refractivity contribution in [2.75, 3.05) is 6.61 Å². The predicted molar refractivity (Wildman–Crippen MR) is 50.4 cm³/mol.